The zero-order valence-corrected chi connectivity index (χ0v) is 22.4. The molecule has 8 nitrogen and oxygen atoms in total. The van der Waals surface area contributed by atoms with E-state index < -0.39 is 6.04 Å². The molecule has 5 rings (SSSR count). The average molecular weight is 522 g/mol. The second-order valence-corrected chi connectivity index (χ2v) is 9.52. The Morgan fingerprint density at radius 2 is 1.51 bits per heavy atom. The van der Waals surface area contributed by atoms with Gasteiger partial charge in [-0.1, -0.05) is 48.9 Å². The fraction of sp³-hybridized carbons (Fsp3) is 0.194. The molecule has 2 heterocycles. The molecule has 0 bridgehead atoms. The molecule has 0 unspecified atom stereocenters. The zero-order chi connectivity index (χ0) is 27.5. The minimum absolute atomic E-state index is 0.262. The molecule has 0 radical (unpaired) electrons. The topological polar surface area (TPSA) is 97.3 Å². The minimum Gasteiger partial charge on any atom is -0.497 e. The van der Waals surface area contributed by atoms with Crippen molar-refractivity contribution in [1.29, 1.82) is 0 Å². The van der Waals surface area contributed by atoms with Gasteiger partial charge in [-0.3, -0.25) is 9.59 Å². The van der Waals surface area contributed by atoms with Crippen molar-refractivity contribution in [3.63, 3.8) is 0 Å². The number of nitrogens with one attached hydrogen (secondary N) is 3. The first kappa shape index (κ1) is 25.8. The van der Waals surface area contributed by atoms with E-state index in [1.165, 1.54) is 11.8 Å². The Kier molecular flexibility index (Phi) is 7.19. The van der Waals surface area contributed by atoms with E-state index in [4.69, 9.17) is 4.74 Å². The maximum Gasteiger partial charge on any atom is 0.261 e. The molecule has 0 aliphatic carbocycles. The number of aromatic nitrogens is 2. The van der Waals surface area contributed by atoms with Crippen LogP contribution < -0.4 is 20.7 Å². The van der Waals surface area contributed by atoms with Crippen LogP contribution in [-0.2, 0) is 11.2 Å². The van der Waals surface area contributed by atoms with Crippen molar-refractivity contribution in [3.05, 3.63) is 113 Å². The lowest BCUT2D eigenvalue weighted by Gasteiger charge is -2.30. The van der Waals surface area contributed by atoms with Gasteiger partial charge >= 0.3 is 0 Å². The summed E-state index contributed by atoms with van der Waals surface area (Å²) in [6, 6.07) is 22.4. The molecule has 4 aromatic rings. The molecular formula is C31H31N5O3. The van der Waals surface area contributed by atoms with Gasteiger partial charge in [0.25, 0.3) is 11.8 Å². The minimum atomic E-state index is -0.536. The van der Waals surface area contributed by atoms with Crippen LogP contribution in [0.25, 0.3) is 0 Å². The summed E-state index contributed by atoms with van der Waals surface area (Å²) in [6.07, 6.45) is 2.44. The summed E-state index contributed by atoms with van der Waals surface area (Å²) in [5.41, 5.74) is 6.07. The molecule has 39 heavy (non-hydrogen) atoms. The van der Waals surface area contributed by atoms with Gasteiger partial charge in [-0.25, -0.2) is 4.68 Å². The smallest absolute Gasteiger partial charge is 0.261 e. The van der Waals surface area contributed by atoms with E-state index in [-0.39, 0.29) is 11.8 Å². The number of rotatable bonds is 7. The summed E-state index contributed by atoms with van der Waals surface area (Å²) in [4.78, 5) is 27.0. The van der Waals surface area contributed by atoms with Crippen LogP contribution in [0.1, 0.15) is 46.9 Å². The lowest BCUT2D eigenvalue weighted by atomic mass is 9.93. The molecule has 198 valence electrons. The third-order valence-electron chi connectivity index (χ3n) is 6.87. The summed E-state index contributed by atoms with van der Waals surface area (Å²) < 4.78 is 6.94. The normalized spacial score (nSPS) is 14.3. The Labute approximate surface area is 227 Å². The maximum absolute atomic E-state index is 13.7. The van der Waals surface area contributed by atoms with Crippen LogP contribution in [0.5, 0.6) is 5.75 Å². The van der Waals surface area contributed by atoms with Gasteiger partial charge in [0, 0.05) is 17.1 Å². The van der Waals surface area contributed by atoms with Gasteiger partial charge in [-0.15, -0.1) is 0 Å². The molecule has 1 aliphatic rings. The van der Waals surface area contributed by atoms with Gasteiger partial charge in [-0.2, -0.15) is 5.10 Å². The molecule has 0 spiro atoms. The number of ether oxygens (including phenoxy) is 1. The number of hydrogen-bond acceptors (Lipinski definition) is 5. The number of benzene rings is 3. The molecule has 2 amide bonds. The lowest BCUT2D eigenvalue weighted by molar-refractivity contribution is -0.113. The van der Waals surface area contributed by atoms with E-state index >= 15 is 0 Å². The molecular weight excluding hydrogens is 490 g/mol. The van der Waals surface area contributed by atoms with Crippen LogP contribution in [-0.4, -0.2) is 28.7 Å². The van der Waals surface area contributed by atoms with Crippen molar-refractivity contribution in [2.45, 2.75) is 33.2 Å². The first-order valence-corrected chi connectivity index (χ1v) is 12.9. The van der Waals surface area contributed by atoms with Crippen LogP contribution in [0.3, 0.4) is 0 Å². The van der Waals surface area contributed by atoms with Gasteiger partial charge in [0.2, 0.25) is 0 Å². The highest BCUT2D eigenvalue weighted by Crippen LogP contribution is 2.38. The monoisotopic (exact) mass is 521 g/mol. The highest BCUT2D eigenvalue weighted by atomic mass is 16.5. The van der Waals surface area contributed by atoms with Crippen molar-refractivity contribution >= 4 is 29.0 Å². The Balaban J connectivity index is 1.51. The molecule has 0 saturated carbocycles. The fourth-order valence-corrected chi connectivity index (χ4v) is 4.67. The Hall–Kier alpha value is -4.85. The number of amides is 2. The Morgan fingerprint density at radius 1 is 0.897 bits per heavy atom. The highest BCUT2D eigenvalue weighted by molar-refractivity contribution is 6.09. The number of nitrogens with zero attached hydrogens (tertiary/aromatic N) is 2. The number of fused-ring (bicyclic) bond motifs is 1. The summed E-state index contributed by atoms with van der Waals surface area (Å²) in [6.45, 7) is 5.94. The summed E-state index contributed by atoms with van der Waals surface area (Å²) in [7, 11) is 1.60. The maximum atomic E-state index is 13.7. The van der Waals surface area contributed by atoms with Gasteiger partial charge in [0.1, 0.15) is 23.2 Å². The van der Waals surface area contributed by atoms with Gasteiger partial charge in [0.15, 0.2) is 0 Å². The fourth-order valence-electron chi connectivity index (χ4n) is 4.67. The van der Waals surface area contributed by atoms with Crippen molar-refractivity contribution in [2.24, 2.45) is 0 Å². The number of anilines is 3. The molecule has 0 fully saturated rings. The van der Waals surface area contributed by atoms with Crippen LogP contribution >= 0.6 is 0 Å². The number of allylic oxidation sites excluding steroid dienone is 1. The summed E-state index contributed by atoms with van der Waals surface area (Å²) >= 11 is 0. The van der Waals surface area contributed by atoms with Crippen LogP contribution in [0, 0.1) is 6.92 Å². The van der Waals surface area contributed by atoms with E-state index in [9.17, 15) is 9.59 Å². The molecule has 1 atom stereocenters. The van der Waals surface area contributed by atoms with Crippen molar-refractivity contribution in [3.8, 4) is 5.75 Å². The number of methoxy groups -OCH3 is 1. The van der Waals surface area contributed by atoms with E-state index in [0.717, 1.165) is 17.5 Å². The third-order valence-corrected chi connectivity index (χ3v) is 6.87. The Bertz CT molecular complexity index is 1530. The standard InChI is InChI=1S/C31H31N5O3/c1-5-21-8-10-22(11-9-21)28-27(31(38)35-24-14-16-25(39-4)17-15-24)20(3)33-29-26(18-32-36(28)29)30(37)34-23-12-6-19(2)7-13-23/h6-18,28,33H,5H2,1-4H3,(H,34,37)(H,35,38)/t28-/m0/s1. The SMILES string of the molecule is CCc1ccc([C@H]2C(C(=O)Nc3ccc(OC)cc3)=C(C)Nc3c(C(=O)Nc4ccc(C)cc4)cnn32)cc1. The lowest BCUT2D eigenvalue weighted by Crippen LogP contribution is -2.32. The molecule has 1 aliphatic heterocycles. The third kappa shape index (κ3) is 5.27. The van der Waals surface area contributed by atoms with Gasteiger partial charge in [-0.05, 0) is 67.8 Å². The van der Waals surface area contributed by atoms with Crippen molar-refractivity contribution in [1.82, 2.24) is 9.78 Å². The number of carbonyl (C=O) groups excluding carboxylic acids is 2. The van der Waals surface area contributed by atoms with E-state index in [1.54, 1.807) is 36.1 Å². The number of carbonyl (C=O) groups is 2. The predicted octanol–water partition coefficient (Wildman–Crippen LogP) is 5.94. The van der Waals surface area contributed by atoms with Crippen molar-refractivity contribution in [2.75, 3.05) is 23.1 Å². The van der Waals surface area contributed by atoms with Crippen LogP contribution in [0.2, 0.25) is 0 Å². The van der Waals surface area contributed by atoms with Crippen LogP contribution in [0.15, 0.2) is 90.3 Å². The molecule has 0 saturated heterocycles. The first-order chi connectivity index (χ1) is 18.9. The average Bonchev–Trinajstić information content (AvgIpc) is 3.37. The van der Waals surface area contributed by atoms with Gasteiger partial charge < -0.3 is 20.7 Å². The van der Waals surface area contributed by atoms with E-state index in [1.807, 2.05) is 50.2 Å². The zero-order valence-electron chi connectivity index (χ0n) is 22.4. The molecule has 3 N–H and O–H groups in total. The Morgan fingerprint density at radius 3 is 2.13 bits per heavy atom. The summed E-state index contributed by atoms with van der Waals surface area (Å²) in [5, 5.41) is 13.8. The molecule has 3 aromatic carbocycles. The first-order valence-electron chi connectivity index (χ1n) is 12.9. The predicted molar refractivity (Wildman–Crippen MR) is 153 cm³/mol. The number of hydrogen-bond donors (Lipinski definition) is 3. The van der Waals surface area contributed by atoms with Crippen molar-refractivity contribution < 1.29 is 14.3 Å². The summed E-state index contributed by atoms with van der Waals surface area (Å²) in [5.74, 6) is 0.685. The second-order valence-electron chi connectivity index (χ2n) is 9.52. The van der Waals surface area contributed by atoms with Gasteiger partial charge in [0.05, 0.1) is 18.9 Å². The quantitative estimate of drug-likeness (QED) is 0.280. The largest absolute Gasteiger partial charge is 0.497 e. The number of aryl methyl sites for hydroxylation is 2. The molecule has 1 aromatic heterocycles. The highest BCUT2D eigenvalue weighted by Gasteiger charge is 2.35. The van der Waals surface area contributed by atoms with Crippen LogP contribution in [0.4, 0.5) is 17.2 Å². The second kappa shape index (κ2) is 10.9. The molecule has 8 heteroatoms. The van der Waals surface area contributed by atoms with E-state index in [2.05, 4.69) is 40.1 Å². The van der Waals surface area contributed by atoms with E-state index in [0.29, 0.717) is 39.8 Å².